The number of rotatable bonds is 6. The summed E-state index contributed by atoms with van der Waals surface area (Å²) in [6.45, 7) is 15.1. The van der Waals surface area contributed by atoms with Gasteiger partial charge < -0.3 is 14.4 Å². The minimum Gasteiger partial charge on any atom is -0.444 e. The molecule has 0 aromatic carbocycles. The standard InChI is InChI=1S/C28H41BrClN5O4Si/c1-27(2,3)39-26(37)33-15-28(16-33)10-8-18(9-11-28)35-22-19(32(4)25(35)36)14-31-24-20(22)21(29)23(30)34(24)17-38-12-13-40(5,6)7/h14,18H,8-13,15-17H2,1-7H3. The van der Waals surface area contributed by atoms with Gasteiger partial charge in [0, 0.05) is 46.3 Å². The summed E-state index contributed by atoms with van der Waals surface area (Å²) >= 11 is 10.5. The van der Waals surface area contributed by atoms with Crippen LogP contribution in [0.25, 0.3) is 22.1 Å². The number of hydrogen-bond donors (Lipinski definition) is 0. The number of amides is 1. The van der Waals surface area contributed by atoms with Gasteiger partial charge in [-0.05, 0) is 68.4 Å². The molecule has 5 rings (SSSR count). The lowest BCUT2D eigenvalue weighted by molar-refractivity contribution is -0.0533. The van der Waals surface area contributed by atoms with Crippen molar-refractivity contribution in [3.63, 3.8) is 0 Å². The smallest absolute Gasteiger partial charge is 0.410 e. The Labute approximate surface area is 249 Å². The lowest BCUT2D eigenvalue weighted by Crippen LogP contribution is -2.60. The first-order valence-electron chi connectivity index (χ1n) is 14.1. The Bertz CT molecular complexity index is 1500. The van der Waals surface area contributed by atoms with Crippen LogP contribution in [0.1, 0.15) is 52.5 Å². The first kappa shape index (κ1) is 29.7. The van der Waals surface area contributed by atoms with Gasteiger partial charge in [0.25, 0.3) is 0 Å². The molecule has 1 saturated heterocycles. The molecule has 2 fully saturated rings. The second-order valence-electron chi connectivity index (χ2n) is 13.9. The van der Waals surface area contributed by atoms with Gasteiger partial charge in [-0.3, -0.25) is 13.7 Å². The summed E-state index contributed by atoms with van der Waals surface area (Å²) in [4.78, 5) is 32.6. The number of aromatic nitrogens is 4. The summed E-state index contributed by atoms with van der Waals surface area (Å²) in [5.74, 6) is 0. The van der Waals surface area contributed by atoms with E-state index in [1.807, 2.05) is 29.9 Å². The van der Waals surface area contributed by atoms with E-state index < -0.39 is 13.7 Å². The third kappa shape index (κ3) is 5.50. The van der Waals surface area contributed by atoms with Gasteiger partial charge in [0.1, 0.15) is 23.1 Å². The average Bonchev–Trinajstić information content (AvgIpc) is 3.23. The Kier molecular flexibility index (Phi) is 7.76. The number of nitrogens with zero attached hydrogens (tertiary/aromatic N) is 5. The molecule has 1 aliphatic heterocycles. The minimum absolute atomic E-state index is 0.0450. The van der Waals surface area contributed by atoms with Crippen LogP contribution in [0.5, 0.6) is 0 Å². The number of likely N-dealkylation sites (tertiary alicyclic amines) is 1. The predicted molar refractivity (Wildman–Crippen MR) is 165 cm³/mol. The molecule has 1 amide bonds. The number of pyridine rings is 1. The van der Waals surface area contributed by atoms with E-state index in [4.69, 9.17) is 26.1 Å². The number of halogens is 2. The minimum atomic E-state index is -1.21. The highest BCUT2D eigenvalue weighted by atomic mass is 79.9. The summed E-state index contributed by atoms with van der Waals surface area (Å²) in [5, 5.41) is 1.36. The number of carbonyl (C=O) groups is 1. The lowest BCUT2D eigenvalue weighted by atomic mass is 9.67. The van der Waals surface area contributed by atoms with E-state index in [2.05, 4.69) is 35.6 Å². The molecule has 2 aliphatic rings. The van der Waals surface area contributed by atoms with Crippen LogP contribution in [0.3, 0.4) is 0 Å². The average molecular weight is 655 g/mol. The maximum Gasteiger partial charge on any atom is 0.410 e. The summed E-state index contributed by atoms with van der Waals surface area (Å²) < 4.78 is 17.8. The zero-order valence-electron chi connectivity index (χ0n) is 24.6. The fourth-order valence-electron chi connectivity index (χ4n) is 6.05. The first-order chi connectivity index (χ1) is 18.6. The van der Waals surface area contributed by atoms with Crippen LogP contribution in [-0.2, 0) is 23.3 Å². The second kappa shape index (κ2) is 10.5. The van der Waals surface area contributed by atoms with E-state index >= 15 is 0 Å². The van der Waals surface area contributed by atoms with Gasteiger partial charge in [-0.15, -0.1) is 0 Å². The fraction of sp³-hybridized carbons (Fsp3) is 0.679. The maximum absolute atomic E-state index is 13.6. The number of ether oxygens (including phenoxy) is 2. The fourth-order valence-corrected chi connectivity index (χ4v) is 7.61. The van der Waals surface area contributed by atoms with E-state index in [9.17, 15) is 9.59 Å². The van der Waals surface area contributed by atoms with Gasteiger partial charge in [-0.2, -0.15) is 0 Å². The van der Waals surface area contributed by atoms with Gasteiger partial charge in [-0.1, -0.05) is 31.2 Å². The number of aryl methyl sites for hydroxylation is 1. The molecule has 0 atom stereocenters. The van der Waals surface area contributed by atoms with Crippen molar-refractivity contribution in [2.45, 2.75) is 90.5 Å². The molecule has 3 aromatic heterocycles. The Hall–Kier alpha value is -1.82. The van der Waals surface area contributed by atoms with Crippen molar-refractivity contribution < 1.29 is 14.3 Å². The second-order valence-corrected chi connectivity index (χ2v) is 20.6. The van der Waals surface area contributed by atoms with E-state index in [1.165, 1.54) is 0 Å². The van der Waals surface area contributed by atoms with Crippen molar-refractivity contribution in [2.75, 3.05) is 19.7 Å². The number of carbonyl (C=O) groups excluding carboxylic acids is 1. The number of fused-ring (bicyclic) bond motifs is 3. The highest BCUT2D eigenvalue weighted by Gasteiger charge is 2.48. The van der Waals surface area contributed by atoms with Gasteiger partial charge >= 0.3 is 11.8 Å². The third-order valence-electron chi connectivity index (χ3n) is 8.30. The van der Waals surface area contributed by atoms with Gasteiger partial charge in [0.05, 0.1) is 27.1 Å². The van der Waals surface area contributed by atoms with Crippen LogP contribution in [-0.4, -0.2) is 63.0 Å². The largest absolute Gasteiger partial charge is 0.444 e. The van der Waals surface area contributed by atoms with Crippen molar-refractivity contribution in [2.24, 2.45) is 12.5 Å². The van der Waals surface area contributed by atoms with Crippen molar-refractivity contribution in [3.8, 4) is 0 Å². The van der Waals surface area contributed by atoms with Crippen molar-refractivity contribution in [3.05, 3.63) is 26.3 Å². The van der Waals surface area contributed by atoms with Gasteiger partial charge in [-0.25, -0.2) is 14.6 Å². The molecule has 40 heavy (non-hydrogen) atoms. The van der Waals surface area contributed by atoms with Gasteiger partial charge in [0.15, 0.2) is 0 Å². The molecular formula is C28H41BrClN5O4Si. The van der Waals surface area contributed by atoms with Crippen LogP contribution >= 0.6 is 27.5 Å². The highest BCUT2D eigenvalue weighted by molar-refractivity contribution is 9.10. The molecule has 0 N–H and O–H groups in total. The van der Waals surface area contributed by atoms with E-state index in [-0.39, 0.29) is 23.2 Å². The van der Waals surface area contributed by atoms with Crippen LogP contribution in [0, 0.1) is 5.41 Å². The molecule has 1 aliphatic carbocycles. The van der Waals surface area contributed by atoms with E-state index in [0.717, 1.165) is 65.7 Å². The summed E-state index contributed by atoms with van der Waals surface area (Å²) in [7, 11) is 0.590. The zero-order chi connectivity index (χ0) is 29.2. The topological polar surface area (TPSA) is 83.5 Å². The maximum atomic E-state index is 13.6. The van der Waals surface area contributed by atoms with Crippen LogP contribution in [0.15, 0.2) is 15.5 Å². The van der Waals surface area contributed by atoms with Crippen LogP contribution in [0.4, 0.5) is 4.79 Å². The molecule has 220 valence electrons. The lowest BCUT2D eigenvalue weighted by Gasteiger charge is -2.53. The third-order valence-corrected chi connectivity index (χ3v) is 11.4. The van der Waals surface area contributed by atoms with Gasteiger partial charge in [0.2, 0.25) is 0 Å². The molecule has 1 spiro atoms. The molecule has 12 heteroatoms. The Morgan fingerprint density at radius 1 is 1.23 bits per heavy atom. The summed E-state index contributed by atoms with van der Waals surface area (Å²) in [6, 6.07) is 1.13. The Morgan fingerprint density at radius 2 is 1.88 bits per heavy atom. The molecule has 9 nitrogen and oxygen atoms in total. The van der Waals surface area contributed by atoms with Crippen LogP contribution < -0.4 is 5.69 Å². The Morgan fingerprint density at radius 3 is 2.48 bits per heavy atom. The summed E-state index contributed by atoms with van der Waals surface area (Å²) in [6.07, 6.45) is 5.19. The van der Waals surface area contributed by atoms with Crippen LogP contribution in [0.2, 0.25) is 30.8 Å². The molecule has 0 unspecified atom stereocenters. The normalized spacial score (nSPS) is 18.2. The van der Waals surface area contributed by atoms with E-state index in [0.29, 0.717) is 24.1 Å². The quantitative estimate of drug-likeness (QED) is 0.216. The predicted octanol–water partition coefficient (Wildman–Crippen LogP) is 6.77. The molecule has 4 heterocycles. The monoisotopic (exact) mass is 653 g/mol. The van der Waals surface area contributed by atoms with Crippen molar-refractivity contribution in [1.82, 2.24) is 23.6 Å². The Balaban J connectivity index is 1.40. The highest BCUT2D eigenvalue weighted by Crippen LogP contribution is 2.48. The SMILES string of the molecule is Cn1c(=O)n(C2CCC3(CC2)CN(C(=O)OC(C)(C)C)C3)c2c3c(Br)c(Cl)n(COCC[Si](C)(C)C)c3ncc21. The number of hydrogen-bond acceptors (Lipinski definition) is 5. The molecule has 0 bridgehead atoms. The first-order valence-corrected chi connectivity index (χ1v) is 19.0. The van der Waals surface area contributed by atoms with Crippen molar-refractivity contribution in [1.29, 1.82) is 0 Å². The molecule has 3 aromatic rings. The van der Waals surface area contributed by atoms with E-state index in [1.54, 1.807) is 22.7 Å². The summed E-state index contributed by atoms with van der Waals surface area (Å²) in [5.41, 5.74) is 1.92. The zero-order valence-corrected chi connectivity index (χ0v) is 28.0. The molecule has 0 radical (unpaired) electrons. The number of imidazole rings is 1. The van der Waals surface area contributed by atoms with Crippen molar-refractivity contribution >= 4 is 63.8 Å². The molecular weight excluding hydrogens is 614 g/mol. The molecule has 1 saturated carbocycles.